The van der Waals surface area contributed by atoms with Gasteiger partial charge in [0, 0.05) is 6.07 Å². The second-order valence-electron chi connectivity index (χ2n) is 4.35. The largest absolute Gasteiger partial charge is 0.394 e. The van der Waals surface area contributed by atoms with Gasteiger partial charge >= 0.3 is 0 Å². The number of benzene rings is 1. The zero-order chi connectivity index (χ0) is 15.6. The molecule has 0 amide bonds. The van der Waals surface area contributed by atoms with Gasteiger partial charge in [0.15, 0.2) is 0 Å². The van der Waals surface area contributed by atoms with Gasteiger partial charge in [-0.3, -0.25) is 10.1 Å². The summed E-state index contributed by atoms with van der Waals surface area (Å²) in [6, 6.07) is 2.06. The Bertz CT molecular complexity index is 614. The molecular formula is C10H13FN2O6S. The lowest BCUT2D eigenvalue weighted by molar-refractivity contribution is -0.385. The third kappa shape index (κ3) is 3.48. The predicted octanol–water partition coefficient (Wildman–Crippen LogP) is -0.244. The molecule has 0 unspecified atom stereocenters. The Balaban J connectivity index is 3.20. The van der Waals surface area contributed by atoms with Crippen LogP contribution in [-0.2, 0) is 10.0 Å². The van der Waals surface area contributed by atoms with E-state index in [2.05, 4.69) is 0 Å². The molecule has 1 aromatic carbocycles. The van der Waals surface area contributed by atoms with Crippen LogP contribution in [0.4, 0.5) is 10.1 Å². The van der Waals surface area contributed by atoms with Crippen LogP contribution < -0.4 is 4.72 Å². The molecule has 10 heteroatoms. The number of halogens is 1. The molecule has 112 valence electrons. The van der Waals surface area contributed by atoms with Crippen molar-refractivity contribution in [3.8, 4) is 0 Å². The molecule has 0 aliphatic heterocycles. The van der Waals surface area contributed by atoms with E-state index in [1.54, 1.807) is 0 Å². The van der Waals surface area contributed by atoms with E-state index in [-0.39, 0.29) is 0 Å². The molecule has 0 fully saturated rings. The van der Waals surface area contributed by atoms with Crippen LogP contribution >= 0.6 is 0 Å². The first-order valence-electron chi connectivity index (χ1n) is 5.35. The van der Waals surface area contributed by atoms with Crippen LogP contribution in [0, 0.1) is 15.9 Å². The number of rotatable bonds is 6. The van der Waals surface area contributed by atoms with Crippen LogP contribution in [0.5, 0.6) is 0 Å². The van der Waals surface area contributed by atoms with Gasteiger partial charge in [0.05, 0.1) is 29.7 Å². The van der Waals surface area contributed by atoms with E-state index in [9.17, 15) is 22.9 Å². The number of nitro groups is 1. The molecular weight excluding hydrogens is 295 g/mol. The Hall–Kier alpha value is -1.62. The first kappa shape index (κ1) is 16.4. The summed E-state index contributed by atoms with van der Waals surface area (Å²) >= 11 is 0. The smallest absolute Gasteiger partial charge is 0.272 e. The summed E-state index contributed by atoms with van der Waals surface area (Å²) in [6.07, 6.45) is 0. The molecule has 0 aromatic heterocycles. The Kier molecular flexibility index (Phi) is 4.76. The molecule has 0 aliphatic rings. The second-order valence-corrected chi connectivity index (χ2v) is 6.01. The number of hydrogen-bond acceptors (Lipinski definition) is 6. The highest BCUT2D eigenvalue weighted by molar-refractivity contribution is 7.89. The molecule has 3 N–H and O–H groups in total. The number of non-ortho nitro benzene ring substituents is 1. The van der Waals surface area contributed by atoms with Crippen LogP contribution in [0.25, 0.3) is 0 Å². The molecule has 1 aromatic rings. The minimum atomic E-state index is -4.38. The maximum Gasteiger partial charge on any atom is 0.272 e. The van der Waals surface area contributed by atoms with Crippen LogP contribution in [0.15, 0.2) is 23.1 Å². The van der Waals surface area contributed by atoms with Gasteiger partial charge in [-0.25, -0.2) is 17.5 Å². The number of nitrogens with one attached hydrogen (secondary N) is 1. The highest BCUT2D eigenvalue weighted by Crippen LogP contribution is 2.21. The molecule has 0 saturated heterocycles. The first-order valence-corrected chi connectivity index (χ1v) is 6.83. The van der Waals surface area contributed by atoms with Crippen LogP contribution in [-0.4, -0.2) is 42.3 Å². The average Bonchev–Trinajstić information content (AvgIpc) is 2.37. The SMILES string of the molecule is CC(CO)(CO)NS(=O)(=O)c1ccc([N+](=O)[O-])cc1F. The topological polar surface area (TPSA) is 130 Å². The quantitative estimate of drug-likeness (QED) is 0.491. The zero-order valence-electron chi connectivity index (χ0n) is 10.4. The maximum absolute atomic E-state index is 13.6. The Morgan fingerprint density at radius 1 is 1.40 bits per heavy atom. The van der Waals surface area contributed by atoms with Crippen LogP contribution in [0.3, 0.4) is 0 Å². The molecule has 8 nitrogen and oxygen atoms in total. The van der Waals surface area contributed by atoms with Crippen molar-refractivity contribution in [2.24, 2.45) is 0 Å². The minimum absolute atomic E-state index is 0.476. The van der Waals surface area contributed by atoms with Crippen molar-refractivity contribution in [1.29, 1.82) is 0 Å². The molecule has 0 bridgehead atoms. The van der Waals surface area contributed by atoms with Crippen molar-refractivity contribution >= 4 is 15.7 Å². The molecule has 0 atom stereocenters. The van der Waals surface area contributed by atoms with Crippen molar-refractivity contribution in [2.45, 2.75) is 17.4 Å². The number of sulfonamides is 1. The highest BCUT2D eigenvalue weighted by Gasteiger charge is 2.31. The van der Waals surface area contributed by atoms with E-state index >= 15 is 0 Å². The molecule has 0 saturated carbocycles. The number of aliphatic hydroxyl groups excluding tert-OH is 2. The molecule has 20 heavy (non-hydrogen) atoms. The molecule has 0 heterocycles. The van der Waals surface area contributed by atoms with Gasteiger partial charge in [-0.15, -0.1) is 0 Å². The predicted molar refractivity (Wildman–Crippen MR) is 66.0 cm³/mol. The van der Waals surface area contributed by atoms with Crippen LogP contribution in [0.1, 0.15) is 6.92 Å². The minimum Gasteiger partial charge on any atom is -0.394 e. The van der Waals surface area contributed by atoms with Crippen molar-refractivity contribution in [2.75, 3.05) is 13.2 Å². The van der Waals surface area contributed by atoms with E-state index < -0.39 is 50.1 Å². The summed E-state index contributed by atoms with van der Waals surface area (Å²) in [4.78, 5) is 8.77. The fourth-order valence-electron chi connectivity index (χ4n) is 1.32. The fraction of sp³-hybridized carbons (Fsp3) is 0.400. The number of nitrogens with zero attached hydrogens (tertiary/aromatic N) is 1. The van der Waals surface area contributed by atoms with Gasteiger partial charge < -0.3 is 10.2 Å². The van der Waals surface area contributed by atoms with Crippen molar-refractivity contribution in [3.63, 3.8) is 0 Å². The normalized spacial score (nSPS) is 12.4. The van der Waals surface area contributed by atoms with Crippen molar-refractivity contribution in [3.05, 3.63) is 34.1 Å². The number of aliphatic hydroxyl groups is 2. The monoisotopic (exact) mass is 308 g/mol. The Morgan fingerprint density at radius 2 is 1.95 bits per heavy atom. The zero-order valence-corrected chi connectivity index (χ0v) is 11.2. The Morgan fingerprint density at radius 3 is 2.35 bits per heavy atom. The molecule has 0 aliphatic carbocycles. The summed E-state index contributed by atoms with van der Waals surface area (Å²) < 4.78 is 39.4. The molecule has 0 spiro atoms. The van der Waals surface area contributed by atoms with E-state index in [0.717, 1.165) is 12.1 Å². The number of hydrogen-bond donors (Lipinski definition) is 3. The van der Waals surface area contributed by atoms with E-state index in [0.29, 0.717) is 6.07 Å². The molecule has 1 rings (SSSR count). The second kappa shape index (κ2) is 5.79. The first-order chi connectivity index (χ1) is 9.15. The lowest BCUT2D eigenvalue weighted by Gasteiger charge is -2.25. The summed E-state index contributed by atoms with van der Waals surface area (Å²) in [5, 5.41) is 28.5. The lowest BCUT2D eigenvalue weighted by atomic mass is 10.1. The molecule has 0 radical (unpaired) electrons. The van der Waals surface area contributed by atoms with Gasteiger partial charge in [-0.1, -0.05) is 0 Å². The average molecular weight is 308 g/mol. The van der Waals surface area contributed by atoms with E-state index in [1.807, 2.05) is 4.72 Å². The van der Waals surface area contributed by atoms with Gasteiger partial charge in [0.2, 0.25) is 10.0 Å². The highest BCUT2D eigenvalue weighted by atomic mass is 32.2. The summed E-state index contributed by atoms with van der Waals surface area (Å²) in [6.45, 7) is -0.206. The third-order valence-electron chi connectivity index (χ3n) is 2.49. The maximum atomic E-state index is 13.6. The summed E-state index contributed by atoms with van der Waals surface area (Å²) in [5.74, 6) is -1.30. The van der Waals surface area contributed by atoms with Crippen molar-refractivity contribution < 1.29 is 27.9 Å². The fourth-order valence-corrected chi connectivity index (χ4v) is 2.77. The van der Waals surface area contributed by atoms with Gasteiger partial charge in [-0.05, 0) is 13.0 Å². The van der Waals surface area contributed by atoms with Gasteiger partial charge in [0.25, 0.3) is 5.69 Å². The Labute approximate surface area is 114 Å². The van der Waals surface area contributed by atoms with Crippen molar-refractivity contribution in [1.82, 2.24) is 4.72 Å². The standard InChI is InChI=1S/C10H13FN2O6S/c1-10(5-14,6-15)12-20(18,19)9-3-2-7(13(16)17)4-8(9)11/h2-4,12,14-15H,5-6H2,1H3. The van der Waals surface area contributed by atoms with Gasteiger partial charge in [0.1, 0.15) is 10.7 Å². The third-order valence-corrected chi connectivity index (χ3v) is 4.17. The summed E-state index contributed by atoms with van der Waals surface area (Å²) in [7, 11) is -4.38. The van der Waals surface area contributed by atoms with E-state index in [4.69, 9.17) is 10.2 Å². The number of nitro benzene ring substituents is 1. The van der Waals surface area contributed by atoms with E-state index in [1.165, 1.54) is 6.92 Å². The van der Waals surface area contributed by atoms with Crippen LogP contribution in [0.2, 0.25) is 0 Å². The summed E-state index contributed by atoms with van der Waals surface area (Å²) in [5.41, 5.74) is -2.17. The van der Waals surface area contributed by atoms with Gasteiger partial charge in [-0.2, -0.15) is 0 Å². The lowest BCUT2D eigenvalue weighted by Crippen LogP contribution is -2.51.